The first-order valence-corrected chi connectivity index (χ1v) is 9.72. The fraction of sp³-hybridized carbons (Fsp3) is 0.235. The van der Waals surface area contributed by atoms with Gasteiger partial charge in [-0.3, -0.25) is 4.79 Å². The van der Waals surface area contributed by atoms with Crippen molar-refractivity contribution in [2.45, 2.75) is 4.90 Å². The van der Waals surface area contributed by atoms with Gasteiger partial charge in [0.2, 0.25) is 10.0 Å². The monoisotopic (exact) mass is 418 g/mol. The van der Waals surface area contributed by atoms with Crippen LogP contribution in [-0.2, 0) is 10.0 Å². The molecule has 3 rings (SSSR count). The first kappa shape index (κ1) is 19.7. The molecule has 0 atom stereocenters. The third kappa shape index (κ3) is 3.80. The lowest BCUT2D eigenvalue weighted by molar-refractivity contribution is 0.0691. The van der Waals surface area contributed by atoms with Crippen molar-refractivity contribution in [3.8, 4) is 0 Å². The number of sulfonamides is 1. The van der Waals surface area contributed by atoms with Gasteiger partial charge in [0.05, 0.1) is 10.5 Å². The summed E-state index contributed by atoms with van der Waals surface area (Å²) in [6, 6.07) is 7.22. The third-order valence-corrected chi connectivity index (χ3v) is 6.41. The summed E-state index contributed by atoms with van der Waals surface area (Å²) >= 11 is 5.76. The van der Waals surface area contributed by atoms with Gasteiger partial charge < -0.3 is 4.90 Å². The lowest BCUT2D eigenvalue weighted by Crippen LogP contribution is -2.50. The lowest BCUT2D eigenvalue weighted by atomic mass is 10.1. The minimum atomic E-state index is -3.76. The zero-order chi connectivity index (χ0) is 19.8. The number of rotatable bonds is 3. The Balaban J connectivity index is 1.73. The SMILES string of the molecule is O=C(c1ccc(F)c(F)c1F)N1CCN(S(=O)(=O)c2ccc(Cl)cc2)CC1. The van der Waals surface area contributed by atoms with E-state index >= 15 is 0 Å². The predicted octanol–water partition coefficient (Wildman–Crippen LogP) is 2.90. The summed E-state index contributed by atoms with van der Waals surface area (Å²) in [5.41, 5.74) is -0.595. The normalized spacial score (nSPS) is 15.8. The molecule has 1 aliphatic rings. The molecule has 0 spiro atoms. The van der Waals surface area contributed by atoms with Gasteiger partial charge in [0.25, 0.3) is 5.91 Å². The van der Waals surface area contributed by atoms with Gasteiger partial charge in [-0.2, -0.15) is 4.31 Å². The molecular weight excluding hydrogens is 405 g/mol. The molecule has 0 bridgehead atoms. The Morgan fingerprint density at radius 1 is 0.889 bits per heavy atom. The van der Waals surface area contributed by atoms with Crippen LogP contribution in [0.25, 0.3) is 0 Å². The van der Waals surface area contributed by atoms with Crippen LogP contribution in [0.2, 0.25) is 5.02 Å². The van der Waals surface area contributed by atoms with Crippen LogP contribution in [0.1, 0.15) is 10.4 Å². The molecule has 27 heavy (non-hydrogen) atoms. The van der Waals surface area contributed by atoms with Crippen LogP contribution in [0, 0.1) is 17.5 Å². The molecular formula is C17H14ClF3N2O3S. The molecule has 1 fully saturated rings. The molecule has 10 heteroatoms. The number of piperazine rings is 1. The van der Waals surface area contributed by atoms with Gasteiger partial charge in [0, 0.05) is 31.2 Å². The summed E-state index contributed by atoms with van der Waals surface area (Å²) in [6.07, 6.45) is 0. The van der Waals surface area contributed by atoms with Crippen LogP contribution in [0.4, 0.5) is 13.2 Å². The maximum absolute atomic E-state index is 13.8. The Morgan fingerprint density at radius 3 is 2.07 bits per heavy atom. The highest BCUT2D eigenvalue weighted by Gasteiger charge is 2.31. The van der Waals surface area contributed by atoms with Crippen LogP contribution < -0.4 is 0 Å². The highest BCUT2D eigenvalue weighted by molar-refractivity contribution is 7.89. The number of carbonyl (C=O) groups excluding carboxylic acids is 1. The summed E-state index contributed by atoms with van der Waals surface area (Å²) in [4.78, 5) is 13.6. The number of amides is 1. The average molecular weight is 419 g/mol. The Labute approximate surface area is 159 Å². The summed E-state index contributed by atoms with van der Waals surface area (Å²) in [5, 5.41) is 0.401. The molecule has 2 aromatic rings. The Bertz CT molecular complexity index is 976. The standard InChI is InChI=1S/C17H14ClF3N2O3S/c18-11-1-3-12(4-2-11)27(25,26)23-9-7-22(8-10-23)17(24)13-5-6-14(19)16(21)15(13)20/h1-6H,7-10H2. The van der Waals surface area contributed by atoms with E-state index in [1.54, 1.807) is 0 Å². The molecule has 0 N–H and O–H groups in total. The van der Waals surface area contributed by atoms with Crippen molar-refractivity contribution in [3.05, 3.63) is 64.4 Å². The maximum atomic E-state index is 13.8. The van der Waals surface area contributed by atoms with Gasteiger partial charge in [-0.05, 0) is 36.4 Å². The molecule has 0 radical (unpaired) electrons. The molecule has 5 nitrogen and oxygen atoms in total. The lowest BCUT2D eigenvalue weighted by Gasteiger charge is -2.34. The topological polar surface area (TPSA) is 57.7 Å². The van der Waals surface area contributed by atoms with E-state index in [1.807, 2.05) is 0 Å². The maximum Gasteiger partial charge on any atom is 0.257 e. The van der Waals surface area contributed by atoms with Crippen LogP contribution in [0.5, 0.6) is 0 Å². The summed E-state index contributed by atoms with van der Waals surface area (Å²) in [5.74, 6) is -5.49. The van der Waals surface area contributed by atoms with Crippen LogP contribution in [0.3, 0.4) is 0 Å². The van der Waals surface area contributed by atoms with Crippen molar-refractivity contribution in [1.29, 1.82) is 0 Å². The van der Waals surface area contributed by atoms with E-state index in [4.69, 9.17) is 11.6 Å². The Hall–Kier alpha value is -2.10. The second kappa shape index (κ2) is 7.49. The molecule has 0 aliphatic carbocycles. The van der Waals surface area contributed by atoms with E-state index in [0.29, 0.717) is 11.1 Å². The molecule has 144 valence electrons. The number of carbonyl (C=O) groups is 1. The van der Waals surface area contributed by atoms with E-state index in [2.05, 4.69) is 0 Å². The van der Waals surface area contributed by atoms with Gasteiger partial charge in [0.1, 0.15) is 0 Å². The molecule has 0 aromatic heterocycles. The van der Waals surface area contributed by atoms with Crippen LogP contribution >= 0.6 is 11.6 Å². The molecule has 1 saturated heterocycles. The van der Waals surface area contributed by atoms with Crippen LogP contribution in [-0.4, -0.2) is 49.7 Å². The molecule has 0 saturated carbocycles. The molecule has 2 aromatic carbocycles. The Morgan fingerprint density at radius 2 is 1.48 bits per heavy atom. The summed E-state index contributed by atoms with van der Waals surface area (Å²) in [7, 11) is -3.76. The van der Waals surface area contributed by atoms with E-state index in [1.165, 1.54) is 33.5 Å². The van der Waals surface area contributed by atoms with Crippen molar-refractivity contribution in [3.63, 3.8) is 0 Å². The fourth-order valence-corrected chi connectivity index (χ4v) is 4.30. The van der Waals surface area contributed by atoms with Crippen LogP contribution in [0.15, 0.2) is 41.3 Å². The second-order valence-corrected chi connectivity index (χ2v) is 8.25. The molecule has 1 amide bonds. The van der Waals surface area contributed by atoms with Gasteiger partial charge in [0.15, 0.2) is 17.5 Å². The summed E-state index contributed by atoms with van der Waals surface area (Å²) in [6.45, 7) is -0.0435. The van der Waals surface area contributed by atoms with Gasteiger partial charge in [-0.25, -0.2) is 21.6 Å². The molecule has 1 heterocycles. The zero-order valence-electron chi connectivity index (χ0n) is 13.8. The van der Waals surface area contributed by atoms with Crippen molar-refractivity contribution >= 4 is 27.5 Å². The first-order chi connectivity index (χ1) is 12.7. The van der Waals surface area contributed by atoms with E-state index in [-0.39, 0.29) is 31.1 Å². The largest absolute Gasteiger partial charge is 0.336 e. The van der Waals surface area contributed by atoms with Crippen molar-refractivity contribution < 1.29 is 26.4 Å². The molecule has 1 aliphatic heterocycles. The minimum Gasteiger partial charge on any atom is -0.336 e. The number of halogens is 4. The minimum absolute atomic E-state index is 0.00983. The fourth-order valence-electron chi connectivity index (χ4n) is 2.75. The van der Waals surface area contributed by atoms with Gasteiger partial charge in [-0.1, -0.05) is 11.6 Å². The number of hydrogen-bond acceptors (Lipinski definition) is 3. The van der Waals surface area contributed by atoms with Gasteiger partial charge in [-0.15, -0.1) is 0 Å². The molecule has 0 unspecified atom stereocenters. The quantitative estimate of drug-likeness (QED) is 0.720. The highest BCUT2D eigenvalue weighted by atomic mass is 35.5. The van der Waals surface area contributed by atoms with Crippen molar-refractivity contribution in [2.75, 3.05) is 26.2 Å². The van der Waals surface area contributed by atoms with Crippen molar-refractivity contribution in [1.82, 2.24) is 9.21 Å². The van der Waals surface area contributed by atoms with Gasteiger partial charge >= 0.3 is 0 Å². The second-order valence-electron chi connectivity index (χ2n) is 5.87. The number of benzene rings is 2. The van der Waals surface area contributed by atoms with E-state index in [0.717, 1.165) is 6.07 Å². The first-order valence-electron chi connectivity index (χ1n) is 7.90. The predicted molar refractivity (Wildman–Crippen MR) is 92.4 cm³/mol. The Kier molecular flexibility index (Phi) is 5.45. The number of nitrogens with zero attached hydrogens (tertiary/aromatic N) is 2. The highest BCUT2D eigenvalue weighted by Crippen LogP contribution is 2.22. The van der Waals surface area contributed by atoms with E-state index in [9.17, 15) is 26.4 Å². The summed E-state index contributed by atoms with van der Waals surface area (Å²) < 4.78 is 66.6. The van der Waals surface area contributed by atoms with Crippen molar-refractivity contribution in [2.24, 2.45) is 0 Å². The smallest absolute Gasteiger partial charge is 0.257 e. The number of hydrogen-bond donors (Lipinski definition) is 0. The third-order valence-electron chi connectivity index (χ3n) is 4.24. The van der Waals surface area contributed by atoms with E-state index < -0.39 is 38.9 Å². The average Bonchev–Trinajstić information content (AvgIpc) is 2.66. The zero-order valence-corrected chi connectivity index (χ0v) is 15.4.